The van der Waals surface area contributed by atoms with Crippen LogP contribution in [0.1, 0.15) is 71.1 Å². The van der Waals surface area contributed by atoms with Crippen LogP contribution in [0.4, 0.5) is 0 Å². The standard InChI is InChI=1S/C20H33N3O/c1-16-8-6-9-17-10-7-13-23(19(16)17)14-18(24)22(2)20(15-21)11-4-3-5-12-20/h16-17,19H,3-14H2,1-2H3/t16-,17-,19+/m1/s1. The second-order valence-electron chi connectivity index (χ2n) is 8.43. The Labute approximate surface area is 147 Å². The first-order chi connectivity index (χ1) is 11.6. The number of carbonyl (C=O) groups is 1. The van der Waals surface area contributed by atoms with Gasteiger partial charge in [-0.1, -0.05) is 32.6 Å². The maximum absolute atomic E-state index is 13.0. The van der Waals surface area contributed by atoms with Crippen molar-refractivity contribution in [2.24, 2.45) is 11.8 Å². The Kier molecular flexibility index (Phi) is 5.49. The molecule has 134 valence electrons. The molecular weight excluding hydrogens is 298 g/mol. The number of fused-ring (bicyclic) bond motifs is 1. The molecule has 0 spiro atoms. The topological polar surface area (TPSA) is 47.3 Å². The summed E-state index contributed by atoms with van der Waals surface area (Å²) in [5, 5.41) is 9.74. The maximum atomic E-state index is 13.0. The van der Waals surface area contributed by atoms with Crippen LogP contribution >= 0.6 is 0 Å². The zero-order valence-electron chi connectivity index (χ0n) is 15.5. The highest BCUT2D eigenvalue weighted by atomic mass is 16.2. The lowest BCUT2D eigenvalue weighted by atomic mass is 9.73. The molecule has 0 aromatic rings. The molecule has 24 heavy (non-hydrogen) atoms. The van der Waals surface area contributed by atoms with Crippen molar-refractivity contribution in [1.82, 2.24) is 9.80 Å². The van der Waals surface area contributed by atoms with Crippen LogP contribution in [-0.4, -0.2) is 47.4 Å². The number of hydrogen-bond donors (Lipinski definition) is 0. The predicted molar refractivity (Wildman–Crippen MR) is 95.3 cm³/mol. The number of likely N-dealkylation sites (N-methyl/N-ethyl adjacent to an activating group) is 1. The van der Waals surface area contributed by atoms with Crippen LogP contribution < -0.4 is 0 Å². The lowest BCUT2D eigenvalue weighted by Gasteiger charge is -2.48. The quantitative estimate of drug-likeness (QED) is 0.794. The first-order valence-corrected chi connectivity index (χ1v) is 9.99. The van der Waals surface area contributed by atoms with Crippen LogP contribution in [0.3, 0.4) is 0 Å². The molecule has 0 N–H and O–H groups in total. The molecule has 1 aliphatic heterocycles. The van der Waals surface area contributed by atoms with Crippen molar-refractivity contribution < 1.29 is 4.79 Å². The van der Waals surface area contributed by atoms with Crippen LogP contribution in [0.2, 0.25) is 0 Å². The summed E-state index contributed by atoms with van der Waals surface area (Å²) < 4.78 is 0. The van der Waals surface area contributed by atoms with Gasteiger partial charge in [0.05, 0.1) is 12.6 Å². The number of hydrogen-bond acceptors (Lipinski definition) is 3. The molecule has 0 bridgehead atoms. The molecule has 3 aliphatic rings. The molecule has 4 nitrogen and oxygen atoms in total. The van der Waals surface area contributed by atoms with Crippen LogP contribution in [0.5, 0.6) is 0 Å². The van der Waals surface area contributed by atoms with Crippen LogP contribution in [-0.2, 0) is 4.79 Å². The van der Waals surface area contributed by atoms with E-state index in [2.05, 4.69) is 17.9 Å². The first kappa shape index (κ1) is 17.7. The molecular formula is C20H33N3O. The summed E-state index contributed by atoms with van der Waals surface area (Å²) in [6.45, 7) is 3.91. The largest absolute Gasteiger partial charge is 0.326 e. The van der Waals surface area contributed by atoms with Crippen LogP contribution in [0.15, 0.2) is 0 Å². The molecule has 3 atom stereocenters. The highest BCUT2D eigenvalue weighted by Gasteiger charge is 2.42. The van der Waals surface area contributed by atoms with Gasteiger partial charge in [-0.2, -0.15) is 5.26 Å². The van der Waals surface area contributed by atoms with Crippen LogP contribution in [0, 0.1) is 23.2 Å². The minimum Gasteiger partial charge on any atom is -0.326 e. The normalized spacial score (nSPS) is 33.3. The van der Waals surface area contributed by atoms with E-state index in [0.29, 0.717) is 18.5 Å². The fraction of sp³-hybridized carbons (Fsp3) is 0.900. The number of likely N-dealkylation sites (tertiary alicyclic amines) is 1. The van der Waals surface area contributed by atoms with Gasteiger partial charge in [-0.05, 0) is 56.9 Å². The van der Waals surface area contributed by atoms with E-state index in [1.165, 1.54) is 38.5 Å². The summed E-state index contributed by atoms with van der Waals surface area (Å²) in [5.41, 5.74) is -0.553. The molecule has 1 amide bonds. The molecule has 3 rings (SSSR count). The summed E-state index contributed by atoms with van der Waals surface area (Å²) in [6.07, 6.45) is 11.5. The number of carbonyl (C=O) groups excluding carboxylic acids is 1. The summed E-state index contributed by atoms with van der Waals surface area (Å²) in [4.78, 5) is 17.2. The van der Waals surface area contributed by atoms with E-state index in [4.69, 9.17) is 0 Å². The Balaban J connectivity index is 1.68. The molecule has 3 fully saturated rings. The van der Waals surface area contributed by atoms with E-state index >= 15 is 0 Å². The van der Waals surface area contributed by atoms with Crippen molar-refractivity contribution in [2.45, 2.75) is 82.7 Å². The summed E-state index contributed by atoms with van der Waals surface area (Å²) >= 11 is 0. The number of nitrogens with zero attached hydrogens (tertiary/aromatic N) is 3. The van der Waals surface area contributed by atoms with Crippen molar-refractivity contribution in [2.75, 3.05) is 20.1 Å². The minimum atomic E-state index is -0.553. The Morgan fingerprint density at radius 3 is 2.58 bits per heavy atom. The van der Waals surface area contributed by atoms with Gasteiger partial charge in [-0.15, -0.1) is 0 Å². The van der Waals surface area contributed by atoms with Gasteiger partial charge >= 0.3 is 0 Å². The molecule has 4 heteroatoms. The molecule has 0 aromatic heterocycles. The molecule has 0 radical (unpaired) electrons. The van der Waals surface area contributed by atoms with Crippen molar-refractivity contribution in [3.8, 4) is 6.07 Å². The molecule has 2 saturated carbocycles. The van der Waals surface area contributed by atoms with E-state index in [1.54, 1.807) is 4.90 Å². The second-order valence-corrected chi connectivity index (χ2v) is 8.43. The maximum Gasteiger partial charge on any atom is 0.237 e. The Morgan fingerprint density at radius 1 is 1.17 bits per heavy atom. The SMILES string of the molecule is C[C@@H]1CCC[C@@H]2CCCN(CC(=O)N(C)C3(C#N)CCCCC3)[C@H]21. The third kappa shape index (κ3) is 3.33. The zero-order chi connectivity index (χ0) is 17.2. The van der Waals surface area contributed by atoms with E-state index in [9.17, 15) is 10.1 Å². The fourth-order valence-corrected chi connectivity index (χ4v) is 5.55. The summed E-state index contributed by atoms with van der Waals surface area (Å²) in [6, 6.07) is 3.07. The molecule has 0 aromatic carbocycles. The predicted octanol–water partition coefficient (Wildman–Crippen LogP) is 3.57. The van der Waals surface area contributed by atoms with Gasteiger partial charge in [0.25, 0.3) is 0 Å². The minimum absolute atomic E-state index is 0.150. The van der Waals surface area contributed by atoms with Crippen LogP contribution in [0.25, 0.3) is 0 Å². The van der Waals surface area contributed by atoms with Gasteiger partial charge in [0, 0.05) is 13.1 Å². The average Bonchev–Trinajstić information content (AvgIpc) is 2.62. The van der Waals surface area contributed by atoms with Crippen molar-refractivity contribution in [1.29, 1.82) is 5.26 Å². The van der Waals surface area contributed by atoms with Gasteiger partial charge in [-0.3, -0.25) is 9.69 Å². The van der Waals surface area contributed by atoms with E-state index in [-0.39, 0.29) is 5.91 Å². The fourth-order valence-electron chi connectivity index (χ4n) is 5.55. The van der Waals surface area contributed by atoms with Crippen molar-refractivity contribution >= 4 is 5.91 Å². The Bertz CT molecular complexity index is 490. The third-order valence-corrected chi connectivity index (χ3v) is 6.99. The summed E-state index contributed by atoms with van der Waals surface area (Å²) in [5.74, 6) is 1.62. The molecule has 1 saturated heterocycles. The van der Waals surface area contributed by atoms with E-state index < -0.39 is 5.54 Å². The molecule has 1 heterocycles. The Hall–Kier alpha value is -1.08. The summed E-state index contributed by atoms with van der Waals surface area (Å²) in [7, 11) is 1.86. The highest BCUT2D eigenvalue weighted by molar-refractivity contribution is 5.79. The zero-order valence-corrected chi connectivity index (χ0v) is 15.5. The first-order valence-electron chi connectivity index (χ1n) is 9.99. The molecule has 2 aliphatic carbocycles. The highest BCUT2D eigenvalue weighted by Crippen LogP contribution is 2.39. The van der Waals surface area contributed by atoms with Crippen molar-refractivity contribution in [3.05, 3.63) is 0 Å². The van der Waals surface area contributed by atoms with Gasteiger partial charge in [-0.25, -0.2) is 0 Å². The number of nitriles is 1. The van der Waals surface area contributed by atoms with Gasteiger partial charge in [0.15, 0.2) is 0 Å². The second kappa shape index (κ2) is 7.44. The monoisotopic (exact) mass is 331 g/mol. The van der Waals surface area contributed by atoms with Gasteiger partial charge in [0.1, 0.15) is 5.54 Å². The smallest absolute Gasteiger partial charge is 0.237 e. The van der Waals surface area contributed by atoms with Gasteiger partial charge < -0.3 is 4.90 Å². The van der Waals surface area contributed by atoms with E-state index in [1.807, 2.05) is 7.05 Å². The van der Waals surface area contributed by atoms with Crippen molar-refractivity contribution in [3.63, 3.8) is 0 Å². The lowest BCUT2D eigenvalue weighted by Crippen LogP contribution is -2.57. The average molecular weight is 332 g/mol. The molecule has 0 unspecified atom stereocenters. The van der Waals surface area contributed by atoms with E-state index in [0.717, 1.165) is 38.1 Å². The Morgan fingerprint density at radius 2 is 1.88 bits per heavy atom. The third-order valence-electron chi connectivity index (χ3n) is 6.99. The number of rotatable bonds is 3. The lowest BCUT2D eigenvalue weighted by molar-refractivity contribution is -0.138. The number of amides is 1. The number of piperidine rings is 1. The van der Waals surface area contributed by atoms with Gasteiger partial charge in [0.2, 0.25) is 5.91 Å².